The Morgan fingerprint density at radius 2 is 1.89 bits per heavy atom. The largest absolute Gasteiger partial charge is 0.452 e. The van der Waals surface area contributed by atoms with Gasteiger partial charge in [-0.25, -0.2) is 9.18 Å². The van der Waals surface area contributed by atoms with E-state index in [1.54, 1.807) is 41.3 Å². The van der Waals surface area contributed by atoms with Gasteiger partial charge in [-0.3, -0.25) is 9.59 Å². The number of esters is 1. The van der Waals surface area contributed by atoms with Crippen LogP contribution in [0.4, 0.5) is 15.8 Å². The third kappa shape index (κ3) is 4.82. The number of hydrogen-bond donors (Lipinski definition) is 1. The monoisotopic (exact) mass is 382 g/mol. The van der Waals surface area contributed by atoms with E-state index in [0.717, 1.165) is 12.5 Å². The summed E-state index contributed by atoms with van der Waals surface area (Å²) in [5, 5.41) is 2.65. The molecule has 2 aromatic carbocycles. The fourth-order valence-corrected chi connectivity index (χ4v) is 2.86. The minimum Gasteiger partial charge on any atom is -0.452 e. The van der Waals surface area contributed by atoms with Gasteiger partial charge in [0.25, 0.3) is 5.91 Å². The maximum atomic E-state index is 13.5. The molecule has 7 heteroatoms. The van der Waals surface area contributed by atoms with Gasteiger partial charge in [0, 0.05) is 24.6 Å². The van der Waals surface area contributed by atoms with E-state index in [9.17, 15) is 18.8 Å². The number of benzene rings is 2. The van der Waals surface area contributed by atoms with Crippen LogP contribution in [0.5, 0.6) is 0 Å². The predicted octanol–water partition coefficient (Wildman–Crippen LogP) is 3.15. The number of para-hydroxylation sites is 2. The molecule has 2 amide bonds. The van der Waals surface area contributed by atoms with E-state index >= 15 is 0 Å². The molecule has 0 radical (unpaired) electrons. The van der Waals surface area contributed by atoms with Crippen molar-refractivity contribution < 1.29 is 23.5 Å². The Morgan fingerprint density at radius 1 is 1.14 bits per heavy atom. The predicted molar refractivity (Wildman–Crippen MR) is 103 cm³/mol. The summed E-state index contributed by atoms with van der Waals surface area (Å²) in [4.78, 5) is 37.4. The zero-order valence-corrected chi connectivity index (χ0v) is 15.1. The summed E-state index contributed by atoms with van der Waals surface area (Å²) in [5.41, 5.74) is 1.33. The lowest BCUT2D eigenvalue weighted by Gasteiger charge is -2.19. The van der Waals surface area contributed by atoms with Gasteiger partial charge in [-0.15, -0.1) is 0 Å². The molecule has 0 aliphatic carbocycles. The SMILES string of the molecule is O=C(COC(=O)/C=C/c1ccccc1F)Nc1ccccc1N1CCCC1=O. The Hall–Kier alpha value is -3.48. The highest BCUT2D eigenvalue weighted by Gasteiger charge is 2.24. The number of rotatable bonds is 6. The van der Waals surface area contributed by atoms with Crippen LogP contribution in [-0.2, 0) is 19.1 Å². The van der Waals surface area contributed by atoms with Crippen molar-refractivity contribution in [2.75, 3.05) is 23.4 Å². The molecule has 144 valence electrons. The smallest absolute Gasteiger partial charge is 0.331 e. The van der Waals surface area contributed by atoms with Gasteiger partial charge in [0.2, 0.25) is 5.91 Å². The third-order valence-electron chi connectivity index (χ3n) is 4.19. The van der Waals surface area contributed by atoms with Gasteiger partial charge in [0.1, 0.15) is 5.82 Å². The first-order valence-electron chi connectivity index (χ1n) is 8.83. The molecule has 6 nitrogen and oxygen atoms in total. The molecule has 1 N–H and O–H groups in total. The van der Waals surface area contributed by atoms with Gasteiger partial charge < -0.3 is 15.0 Å². The second kappa shape index (κ2) is 8.94. The highest BCUT2D eigenvalue weighted by Crippen LogP contribution is 2.29. The summed E-state index contributed by atoms with van der Waals surface area (Å²) in [6.45, 7) is 0.101. The van der Waals surface area contributed by atoms with E-state index in [1.165, 1.54) is 18.2 Å². The molecule has 0 aromatic heterocycles. The van der Waals surface area contributed by atoms with E-state index in [4.69, 9.17) is 4.74 Å². The molecule has 0 unspecified atom stereocenters. The van der Waals surface area contributed by atoms with Crippen LogP contribution < -0.4 is 10.2 Å². The first-order chi connectivity index (χ1) is 13.5. The molecule has 1 aliphatic rings. The normalized spacial score (nSPS) is 13.8. The summed E-state index contributed by atoms with van der Waals surface area (Å²) in [7, 11) is 0. The molecule has 1 aliphatic heterocycles. The van der Waals surface area contributed by atoms with Crippen LogP contribution in [0.15, 0.2) is 54.6 Å². The Balaban J connectivity index is 1.56. The van der Waals surface area contributed by atoms with Crippen LogP contribution >= 0.6 is 0 Å². The van der Waals surface area contributed by atoms with Gasteiger partial charge in [0.15, 0.2) is 6.61 Å². The zero-order chi connectivity index (χ0) is 19.9. The Labute approximate surface area is 161 Å². The topological polar surface area (TPSA) is 75.7 Å². The Kier molecular flexibility index (Phi) is 6.16. The highest BCUT2D eigenvalue weighted by molar-refractivity contribution is 6.02. The summed E-state index contributed by atoms with van der Waals surface area (Å²) < 4.78 is 18.4. The average molecular weight is 382 g/mol. The van der Waals surface area contributed by atoms with E-state index in [-0.39, 0.29) is 11.5 Å². The van der Waals surface area contributed by atoms with Crippen molar-refractivity contribution in [3.8, 4) is 0 Å². The van der Waals surface area contributed by atoms with Crippen molar-refractivity contribution in [1.82, 2.24) is 0 Å². The quantitative estimate of drug-likeness (QED) is 0.615. The number of ether oxygens (including phenoxy) is 1. The number of nitrogens with one attached hydrogen (secondary N) is 1. The van der Waals surface area contributed by atoms with Gasteiger partial charge in [0.05, 0.1) is 11.4 Å². The lowest BCUT2D eigenvalue weighted by Crippen LogP contribution is -2.26. The van der Waals surface area contributed by atoms with Gasteiger partial charge in [-0.1, -0.05) is 30.3 Å². The van der Waals surface area contributed by atoms with Gasteiger partial charge >= 0.3 is 5.97 Å². The van der Waals surface area contributed by atoms with Crippen LogP contribution in [0.3, 0.4) is 0 Å². The first-order valence-corrected chi connectivity index (χ1v) is 8.83. The Morgan fingerprint density at radius 3 is 2.64 bits per heavy atom. The number of halogens is 1. The molecule has 1 fully saturated rings. The minimum atomic E-state index is -0.763. The van der Waals surface area contributed by atoms with Gasteiger partial charge in [-0.2, -0.15) is 0 Å². The summed E-state index contributed by atoms with van der Waals surface area (Å²) >= 11 is 0. The number of amides is 2. The van der Waals surface area contributed by atoms with Crippen LogP contribution in [0.25, 0.3) is 6.08 Å². The summed E-state index contributed by atoms with van der Waals surface area (Å²) in [6, 6.07) is 12.9. The van der Waals surface area contributed by atoms with E-state index in [0.29, 0.717) is 24.3 Å². The van der Waals surface area contributed by atoms with Crippen LogP contribution in [0, 0.1) is 5.82 Å². The van der Waals surface area contributed by atoms with Crippen LogP contribution in [0.1, 0.15) is 18.4 Å². The number of hydrogen-bond acceptors (Lipinski definition) is 4. The molecule has 3 rings (SSSR count). The van der Waals surface area contributed by atoms with Crippen LogP contribution in [0.2, 0.25) is 0 Å². The summed E-state index contributed by atoms with van der Waals surface area (Å²) in [6.07, 6.45) is 3.59. The second-order valence-corrected chi connectivity index (χ2v) is 6.18. The molecular formula is C21H19FN2O4. The standard InChI is InChI=1S/C21H19FN2O4/c22-16-7-2-1-6-15(16)11-12-21(27)28-14-19(25)23-17-8-3-4-9-18(17)24-13-5-10-20(24)26/h1-4,6-9,11-12H,5,10,13-14H2,(H,23,25)/b12-11+. The van der Waals surface area contributed by atoms with E-state index in [1.807, 2.05) is 0 Å². The molecule has 28 heavy (non-hydrogen) atoms. The zero-order valence-electron chi connectivity index (χ0n) is 15.1. The average Bonchev–Trinajstić information content (AvgIpc) is 3.12. The summed E-state index contributed by atoms with van der Waals surface area (Å²) in [5.74, 6) is -1.75. The van der Waals surface area contributed by atoms with Gasteiger partial charge in [-0.05, 0) is 30.7 Å². The maximum Gasteiger partial charge on any atom is 0.331 e. The minimum absolute atomic E-state index is 0.00593. The van der Waals surface area contributed by atoms with Crippen molar-refractivity contribution in [3.63, 3.8) is 0 Å². The number of nitrogens with zero attached hydrogens (tertiary/aromatic N) is 1. The number of anilines is 2. The molecule has 1 saturated heterocycles. The van der Waals surface area contributed by atoms with Crippen molar-refractivity contribution in [2.45, 2.75) is 12.8 Å². The molecule has 0 bridgehead atoms. The van der Waals surface area contributed by atoms with Crippen LogP contribution in [-0.4, -0.2) is 30.9 Å². The van der Waals surface area contributed by atoms with Crippen molar-refractivity contribution in [3.05, 3.63) is 66.0 Å². The molecule has 2 aromatic rings. The molecule has 1 heterocycles. The van der Waals surface area contributed by atoms with E-state index < -0.39 is 24.3 Å². The molecule has 0 spiro atoms. The van der Waals surface area contributed by atoms with Crippen molar-refractivity contribution >= 4 is 35.2 Å². The number of carbonyl (C=O) groups is 3. The van der Waals surface area contributed by atoms with E-state index in [2.05, 4.69) is 5.32 Å². The lowest BCUT2D eigenvalue weighted by atomic mass is 10.2. The maximum absolute atomic E-state index is 13.5. The Bertz CT molecular complexity index is 926. The molecular weight excluding hydrogens is 363 g/mol. The second-order valence-electron chi connectivity index (χ2n) is 6.18. The lowest BCUT2D eigenvalue weighted by molar-refractivity contribution is -0.142. The highest BCUT2D eigenvalue weighted by atomic mass is 19.1. The number of carbonyl (C=O) groups excluding carboxylic acids is 3. The third-order valence-corrected chi connectivity index (χ3v) is 4.19. The fourth-order valence-electron chi connectivity index (χ4n) is 2.86. The first kappa shape index (κ1) is 19.3. The fraction of sp³-hybridized carbons (Fsp3) is 0.190. The molecule has 0 atom stereocenters. The molecule has 0 saturated carbocycles. The van der Waals surface area contributed by atoms with Crippen molar-refractivity contribution in [2.24, 2.45) is 0 Å². The van der Waals surface area contributed by atoms with Crippen molar-refractivity contribution in [1.29, 1.82) is 0 Å².